The molecule has 2 aromatic carbocycles. The van der Waals surface area contributed by atoms with Gasteiger partial charge in [0.05, 0.1) is 0 Å². The molecule has 1 amide bonds. The Kier molecular flexibility index (Phi) is 4.84. The molecule has 1 saturated carbocycles. The van der Waals surface area contributed by atoms with Gasteiger partial charge in [-0.3, -0.25) is 9.59 Å². The maximum Gasteiger partial charge on any atom is 0.224 e. The van der Waals surface area contributed by atoms with Crippen molar-refractivity contribution < 1.29 is 19.1 Å². The first-order chi connectivity index (χ1) is 13.1. The first-order valence-electron chi connectivity index (χ1n) is 9.40. The van der Waals surface area contributed by atoms with Crippen LogP contribution < -0.4 is 14.8 Å². The summed E-state index contributed by atoms with van der Waals surface area (Å²) in [5.74, 6) is 2.26. The Morgan fingerprint density at radius 2 is 1.74 bits per heavy atom. The monoisotopic (exact) mass is 365 g/mol. The molecule has 0 saturated heterocycles. The van der Waals surface area contributed by atoms with Crippen LogP contribution in [0.3, 0.4) is 0 Å². The van der Waals surface area contributed by atoms with Gasteiger partial charge in [-0.2, -0.15) is 0 Å². The summed E-state index contributed by atoms with van der Waals surface area (Å²) in [7, 11) is 0. The van der Waals surface area contributed by atoms with E-state index in [9.17, 15) is 9.59 Å². The molecule has 0 aromatic heterocycles. The predicted octanol–water partition coefficient (Wildman–Crippen LogP) is 4.18. The van der Waals surface area contributed by atoms with Gasteiger partial charge in [0, 0.05) is 17.7 Å². The van der Waals surface area contributed by atoms with Gasteiger partial charge < -0.3 is 14.8 Å². The molecule has 1 fully saturated rings. The Balaban J connectivity index is 1.45. The van der Waals surface area contributed by atoms with Crippen LogP contribution in [-0.2, 0) is 4.79 Å². The number of rotatable bonds is 6. The number of ether oxygens (including phenoxy) is 2. The summed E-state index contributed by atoms with van der Waals surface area (Å²) in [5, 5.41) is 2.95. The van der Waals surface area contributed by atoms with Crippen molar-refractivity contribution in [3.63, 3.8) is 0 Å². The molecule has 5 heteroatoms. The number of benzene rings is 2. The number of hydrogen-bond acceptors (Lipinski definition) is 4. The zero-order valence-corrected chi connectivity index (χ0v) is 15.4. The second kappa shape index (κ2) is 7.43. The van der Waals surface area contributed by atoms with Crippen molar-refractivity contribution in [3.05, 3.63) is 53.6 Å². The summed E-state index contributed by atoms with van der Waals surface area (Å²) in [5.41, 5.74) is 2.48. The standard InChI is InChI=1S/C22H23NO4/c1-14(24)15-4-7-18(8-5-15)23-22(25)13-19(16-2-3-16)17-6-9-20-21(12-17)27-11-10-26-20/h4-9,12,16,19H,2-3,10-11,13H2,1H3,(H,23,25). The highest BCUT2D eigenvalue weighted by Gasteiger charge is 2.34. The van der Waals surface area contributed by atoms with Crippen molar-refractivity contribution in [2.45, 2.75) is 32.1 Å². The fraction of sp³-hybridized carbons (Fsp3) is 0.364. The quantitative estimate of drug-likeness (QED) is 0.780. The Morgan fingerprint density at radius 1 is 1.04 bits per heavy atom. The average Bonchev–Trinajstić information content (AvgIpc) is 3.51. The third-order valence-corrected chi connectivity index (χ3v) is 5.17. The van der Waals surface area contributed by atoms with Crippen LogP contribution >= 0.6 is 0 Å². The molecule has 27 heavy (non-hydrogen) atoms. The van der Waals surface area contributed by atoms with Crippen LogP contribution in [0.5, 0.6) is 11.5 Å². The molecule has 0 spiro atoms. The Morgan fingerprint density at radius 3 is 2.41 bits per heavy atom. The molecule has 0 bridgehead atoms. The molecule has 1 N–H and O–H groups in total. The van der Waals surface area contributed by atoms with Crippen LogP contribution in [-0.4, -0.2) is 24.9 Å². The zero-order valence-electron chi connectivity index (χ0n) is 15.4. The van der Waals surface area contributed by atoms with Crippen molar-refractivity contribution in [1.82, 2.24) is 0 Å². The molecule has 4 rings (SSSR count). The summed E-state index contributed by atoms with van der Waals surface area (Å²) in [6, 6.07) is 13.0. The fourth-order valence-corrected chi connectivity index (χ4v) is 3.55. The first kappa shape index (κ1) is 17.6. The average molecular weight is 365 g/mol. The molecule has 1 atom stereocenters. The highest BCUT2D eigenvalue weighted by Crippen LogP contribution is 2.46. The van der Waals surface area contributed by atoms with Gasteiger partial charge in [-0.1, -0.05) is 6.07 Å². The Bertz CT molecular complexity index is 855. The molecule has 1 aliphatic heterocycles. The summed E-state index contributed by atoms with van der Waals surface area (Å²) in [6.07, 6.45) is 2.73. The molecule has 2 aliphatic rings. The number of hydrogen-bond donors (Lipinski definition) is 1. The molecule has 140 valence electrons. The van der Waals surface area contributed by atoms with E-state index in [0.29, 0.717) is 36.8 Å². The lowest BCUT2D eigenvalue weighted by Crippen LogP contribution is -2.18. The normalized spacial score (nSPS) is 16.5. The van der Waals surface area contributed by atoms with Crippen molar-refractivity contribution in [3.8, 4) is 11.5 Å². The highest BCUT2D eigenvalue weighted by atomic mass is 16.6. The number of fused-ring (bicyclic) bond motifs is 1. The molecular weight excluding hydrogens is 342 g/mol. The second-order valence-electron chi connectivity index (χ2n) is 7.23. The van der Waals surface area contributed by atoms with Crippen molar-refractivity contribution >= 4 is 17.4 Å². The van der Waals surface area contributed by atoms with E-state index in [4.69, 9.17) is 9.47 Å². The Hall–Kier alpha value is -2.82. The minimum Gasteiger partial charge on any atom is -0.486 e. The second-order valence-corrected chi connectivity index (χ2v) is 7.23. The number of ketones is 1. The van der Waals surface area contributed by atoms with Crippen molar-refractivity contribution in [2.75, 3.05) is 18.5 Å². The van der Waals surface area contributed by atoms with Gasteiger partial charge in [-0.25, -0.2) is 0 Å². The van der Waals surface area contributed by atoms with Crippen LogP contribution in [0, 0.1) is 5.92 Å². The molecule has 1 aliphatic carbocycles. The smallest absolute Gasteiger partial charge is 0.224 e. The predicted molar refractivity (Wildman–Crippen MR) is 103 cm³/mol. The number of amides is 1. The van der Waals surface area contributed by atoms with Crippen LogP contribution in [0.25, 0.3) is 0 Å². The van der Waals surface area contributed by atoms with E-state index in [0.717, 1.165) is 29.9 Å². The largest absolute Gasteiger partial charge is 0.486 e. The summed E-state index contributed by atoms with van der Waals surface area (Å²) < 4.78 is 11.3. The summed E-state index contributed by atoms with van der Waals surface area (Å²) in [6.45, 7) is 2.66. The number of Topliss-reactive ketones (excluding diaryl/α,β-unsaturated/α-hetero) is 1. The van der Waals surface area contributed by atoms with Gasteiger partial charge in [-0.15, -0.1) is 0 Å². The fourth-order valence-electron chi connectivity index (χ4n) is 3.55. The van der Waals surface area contributed by atoms with Gasteiger partial charge in [0.25, 0.3) is 0 Å². The zero-order chi connectivity index (χ0) is 18.8. The molecule has 2 aromatic rings. The SMILES string of the molecule is CC(=O)c1ccc(NC(=O)CC(c2ccc3c(c2)OCCO3)C2CC2)cc1. The van der Waals surface area contributed by atoms with Crippen molar-refractivity contribution in [2.24, 2.45) is 5.92 Å². The van der Waals surface area contributed by atoms with Crippen LogP contribution in [0.4, 0.5) is 5.69 Å². The lowest BCUT2D eigenvalue weighted by molar-refractivity contribution is -0.116. The number of nitrogens with one attached hydrogen (secondary N) is 1. The van der Waals surface area contributed by atoms with E-state index in [1.807, 2.05) is 18.2 Å². The van der Waals surface area contributed by atoms with Crippen molar-refractivity contribution in [1.29, 1.82) is 0 Å². The lowest BCUT2D eigenvalue weighted by Gasteiger charge is -2.22. The third kappa shape index (κ3) is 4.13. The maximum atomic E-state index is 12.6. The van der Waals surface area contributed by atoms with Gasteiger partial charge >= 0.3 is 0 Å². The maximum absolute atomic E-state index is 12.6. The van der Waals surface area contributed by atoms with E-state index in [-0.39, 0.29) is 17.6 Å². The van der Waals surface area contributed by atoms with Crippen LogP contribution in [0.15, 0.2) is 42.5 Å². The Labute approximate surface area is 158 Å². The minimum absolute atomic E-state index is 0.0142. The van der Waals surface area contributed by atoms with Gasteiger partial charge in [0.1, 0.15) is 13.2 Å². The highest BCUT2D eigenvalue weighted by molar-refractivity contribution is 5.95. The van der Waals surface area contributed by atoms with Crippen LogP contribution in [0.2, 0.25) is 0 Å². The summed E-state index contributed by atoms with van der Waals surface area (Å²) in [4.78, 5) is 24.0. The van der Waals surface area contributed by atoms with E-state index in [1.165, 1.54) is 6.92 Å². The topological polar surface area (TPSA) is 64.6 Å². The number of carbonyl (C=O) groups excluding carboxylic acids is 2. The molecule has 1 unspecified atom stereocenters. The lowest BCUT2D eigenvalue weighted by atomic mass is 9.90. The minimum atomic E-state index is -0.0163. The van der Waals surface area contributed by atoms with E-state index in [2.05, 4.69) is 5.32 Å². The first-order valence-corrected chi connectivity index (χ1v) is 9.40. The van der Waals surface area contributed by atoms with Gasteiger partial charge in [-0.05, 0) is 73.6 Å². The van der Waals surface area contributed by atoms with E-state index in [1.54, 1.807) is 24.3 Å². The summed E-state index contributed by atoms with van der Waals surface area (Å²) >= 11 is 0. The molecule has 0 radical (unpaired) electrons. The third-order valence-electron chi connectivity index (χ3n) is 5.17. The van der Waals surface area contributed by atoms with Gasteiger partial charge in [0.15, 0.2) is 17.3 Å². The van der Waals surface area contributed by atoms with E-state index >= 15 is 0 Å². The van der Waals surface area contributed by atoms with Gasteiger partial charge in [0.2, 0.25) is 5.91 Å². The molecule has 1 heterocycles. The number of anilines is 1. The van der Waals surface area contributed by atoms with Crippen LogP contribution in [0.1, 0.15) is 48.0 Å². The molecular formula is C22H23NO4. The van der Waals surface area contributed by atoms with E-state index < -0.39 is 0 Å². The molecule has 5 nitrogen and oxygen atoms in total. The number of carbonyl (C=O) groups is 2.